The number of alkyl halides is 1. The van der Waals surface area contributed by atoms with Gasteiger partial charge in [0.1, 0.15) is 0 Å². The maximum atomic E-state index is 12.9. The third-order valence-corrected chi connectivity index (χ3v) is 7.63. The predicted molar refractivity (Wildman–Crippen MR) is 116 cm³/mol. The van der Waals surface area contributed by atoms with Gasteiger partial charge in [-0.3, -0.25) is 14.2 Å². The van der Waals surface area contributed by atoms with Crippen LogP contribution >= 0.6 is 22.9 Å². The molecule has 30 heavy (non-hydrogen) atoms. The summed E-state index contributed by atoms with van der Waals surface area (Å²) in [6, 6.07) is 13.3. The van der Waals surface area contributed by atoms with Crippen LogP contribution in [-0.4, -0.2) is 40.6 Å². The summed E-state index contributed by atoms with van der Waals surface area (Å²) in [5.41, 5.74) is 0.853. The van der Waals surface area contributed by atoms with Crippen molar-refractivity contribution < 1.29 is 17.8 Å². The maximum absolute atomic E-state index is 12.9. The van der Waals surface area contributed by atoms with Gasteiger partial charge in [0.05, 0.1) is 20.8 Å². The molecule has 1 aromatic heterocycles. The molecule has 1 N–H and O–H groups in total. The number of rotatable bonds is 3. The van der Waals surface area contributed by atoms with Gasteiger partial charge in [0.25, 0.3) is 16.0 Å². The van der Waals surface area contributed by atoms with E-state index in [1.807, 2.05) is 31.2 Å². The summed E-state index contributed by atoms with van der Waals surface area (Å²) in [6.45, 7) is 1.82. The Labute approximate surface area is 181 Å². The fourth-order valence-electron chi connectivity index (χ4n) is 3.94. The molecule has 8 nitrogen and oxygen atoms in total. The van der Waals surface area contributed by atoms with Crippen molar-refractivity contribution in [3.05, 3.63) is 48.5 Å². The summed E-state index contributed by atoms with van der Waals surface area (Å²) in [5.74, 6) is -0.295. The van der Waals surface area contributed by atoms with Gasteiger partial charge in [-0.2, -0.15) is 13.5 Å². The fourth-order valence-corrected chi connectivity index (χ4v) is 5.87. The first-order valence-corrected chi connectivity index (χ1v) is 11.7. The zero-order chi connectivity index (χ0) is 21.3. The molecule has 3 heterocycles. The van der Waals surface area contributed by atoms with Crippen LogP contribution in [0.4, 0.5) is 10.8 Å². The van der Waals surface area contributed by atoms with Gasteiger partial charge in [-0.15, -0.1) is 11.6 Å². The molecule has 0 saturated carbocycles. The minimum Gasteiger partial charge on any atom is -0.282 e. The van der Waals surface area contributed by atoms with Crippen LogP contribution in [0.15, 0.2) is 58.5 Å². The highest BCUT2D eigenvalue weighted by Gasteiger charge is 2.67. The number of anilines is 2. The van der Waals surface area contributed by atoms with Gasteiger partial charge in [-0.1, -0.05) is 29.5 Å². The fraction of sp³-hybridized carbons (Fsp3) is 0.211. The van der Waals surface area contributed by atoms with Crippen molar-refractivity contribution >= 4 is 65.7 Å². The van der Waals surface area contributed by atoms with Crippen LogP contribution < -0.4 is 9.91 Å². The molecule has 0 radical (unpaired) electrons. The number of amides is 1. The Morgan fingerprint density at radius 3 is 2.73 bits per heavy atom. The summed E-state index contributed by atoms with van der Waals surface area (Å²) >= 11 is 7.92. The molecule has 2 aliphatic heterocycles. The summed E-state index contributed by atoms with van der Waals surface area (Å²) in [4.78, 5) is 18.7. The molecule has 154 valence electrons. The number of carbonyl (C=O) groups excluding carboxylic acids is 1. The Balaban J connectivity index is 1.64. The Bertz CT molecular complexity index is 1310. The molecule has 0 aliphatic carbocycles. The van der Waals surface area contributed by atoms with Gasteiger partial charge in [0, 0.05) is 12.1 Å². The first kappa shape index (κ1) is 19.4. The lowest BCUT2D eigenvalue weighted by atomic mass is 9.88. The number of fused-ring (bicyclic) bond motifs is 1. The average Bonchev–Trinajstić information content (AvgIpc) is 3.29. The number of nitrogens with zero attached hydrogens (tertiary/aromatic N) is 4. The average molecular weight is 463 g/mol. The van der Waals surface area contributed by atoms with Gasteiger partial charge in [0.15, 0.2) is 16.2 Å². The largest absolute Gasteiger partial charge is 0.294 e. The number of benzene rings is 2. The topological polar surface area (TPSA) is 103 Å². The number of hydrazone groups is 1. The second-order valence-corrected chi connectivity index (χ2v) is 10.0. The molecule has 1 fully saturated rings. The molecule has 0 bridgehead atoms. The van der Waals surface area contributed by atoms with Crippen molar-refractivity contribution in [2.75, 3.05) is 9.91 Å². The highest BCUT2D eigenvalue weighted by atomic mass is 35.5. The zero-order valence-electron chi connectivity index (χ0n) is 15.6. The number of hydrogen-bond acceptors (Lipinski definition) is 7. The van der Waals surface area contributed by atoms with Crippen LogP contribution in [0.2, 0.25) is 0 Å². The van der Waals surface area contributed by atoms with Gasteiger partial charge in [0.2, 0.25) is 0 Å². The first-order chi connectivity index (χ1) is 14.2. The van der Waals surface area contributed by atoms with Crippen LogP contribution in [0.5, 0.6) is 0 Å². The number of hydrogen-bond donors (Lipinski definition) is 1. The van der Waals surface area contributed by atoms with Gasteiger partial charge >= 0.3 is 0 Å². The van der Waals surface area contributed by atoms with E-state index in [1.165, 1.54) is 34.4 Å². The van der Waals surface area contributed by atoms with E-state index < -0.39 is 21.2 Å². The molecule has 5 rings (SSSR count). The van der Waals surface area contributed by atoms with Gasteiger partial charge in [-0.05, 0) is 37.3 Å². The zero-order valence-corrected chi connectivity index (χ0v) is 17.9. The number of aromatic nitrogens is 1. The standard InChI is InChI=1S/C19H15ClN4O4S2/c1-11-10-19(24(22-11)12-5-4-6-13(9-12)30(26,27)28)16(20)17(25)23(19)18-21-14-7-2-3-8-15(14)29-18/h2-9,16H,10H2,1H3,(H,26,27,28). The van der Waals surface area contributed by atoms with Gasteiger partial charge in [-0.25, -0.2) is 9.99 Å². The number of β-lactam (4-membered cyclic amide) rings is 1. The number of thiazole rings is 1. The van der Waals surface area contributed by atoms with Crippen molar-refractivity contribution in [3.63, 3.8) is 0 Å². The molecular formula is C19H15ClN4O4S2. The van der Waals surface area contributed by atoms with Crippen LogP contribution in [0.25, 0.3) is 10.2 Å². The SMILES string of the molecule is CC1=NN(c2cccc(S(=O)(=O)O)c2)C2(C1)C(Cl)C(=O)N2c1nc2ccccc2s1. The molecule has 2 aromatic carbocycles. The third-order valence-electron chi connectivity index (χ3n) is 5.22. The highest BCUT2D eigenvalue weighted by Crippen LogP contribution is 2.51. The van der Waals surface area contributed by atoms with E-state index in [9.17, 15) is 17.8 Å². The molecule has 2 atom stereocenters. The molecule has 2 aliphatic rings. The molecule has 11 heteroatoms. The van der Waals surface area contributed by atoms with Crippen LogP contribution in [0.1, 0.15) is 13.3 Å². The van der Waals surface area contributed by atoms with Crippen molar-refractivity contribution in [1.82, 2.24) is 4.98 Å². The summed E-state index contributed by atoms with van der Waals surface area (Å²) < 4.78 is 33.6. The Kier molecular flexibility index (Phi) is 4.20. The highest BCUT2D eigenvalue weighted by molar-refractivity contribution is 7.85. The summed E-state index contributed by atoms with van der Waals surface area (Å²) in [5, 5.41) is 5.70. The van der Waals surface area contributed by atoms with E-state index >= 15 is 0 Å². The second kappa shape index (κ2) is 6.48. The van der Waals surface area contributed by atoms with Crippen molar-refractivity contribution in [2.45, 2.75) is 29.3 Å². The first-order valence-electron chi connectivity index (χ1n) is 8.97. The normalized spacial score (nSPS) is 23.9. The molecule has 2 unspecified atom stereocenters. The smallest absolute Gasteiger partial charge is 0.282 e. The van der Waals surface area contributed by atoms with E-state index in [1.54, 1.807) is 11.1 Å². The van der Waals surface area contributed by atoms with Crippen molar-refractivity contribution in [2.24, 2.45) is 5.10 Å². The number of carbonyl (C=O) groups is 1. The van der Waals surface area contributed by atoms with E-state index in [0.29, 0.717) is 17.2 Å². The van der Waals surface area contributed by atoms with E-state index in [-0.39, 0.29) is 10.8 Å². The maximum Gasteiger partial charge on any atom is 0.294 e. The van der Waals surface area contributed by atoms with Crippen molar-refractivity contribution in [3.8, 4) is 0 Å². The molecule has 3 aromatic rings. The lowest BCUT2D eigenvalue weighted by Gasteiger charge is -2.55. The van der Waals surface area contributed by atoms with Crippen LogP contribution in [0.3, 0.4) is 0 Å². The number of halogens is 1. The summed E-state index contributed by atoms with van der Waals surface area (Å²) in [7, 11) is -4.40. The molecule has 1 amide bonds. The summed E-state index contributed by atoms with van der Waals surface area (Å²) in [6.07, 6.45) is 0.374. The lowest BCUT2D eigenvalue weighted by Crippen LogP contribution is -2.78. The Hall–Kier alpha value is -2.53. The molecule has 1 spiro atoms. The van der Waals surface area contributed by atoms with E-state index in [4.69, 9.17) is 11.6 Å². The Morgan fingerprint density at radius 1 is 1.23 bits per heavy atom. The minimum atomic E-state index is -4.40. The molecular weight excluding hydrogens is 448 g/mol. The van der Waals surface area contributed by atoms with Crippen molar-refractivity contribution in [1.29, 1.82) is 0 Å². The van der Waals surface area contributed by atoms with E-state index in [0.717, 1.165) is 15.9 Å². The van der Waals surface area contributed by atoms with E-state index in [2.05, 4.69) is 10.1 Å². The van der Waals surface area contributed by atoms with Crippen LogP contribution in [0, 0.1) is 0 Å². The Morgan fingerprint density at radius 2 is 2.00 bits per heavy atom. The predicted octanol–water partition coefficient (Wildman–Crippen LogP) is 3.48. The third kappa shape index (κ3) is 2.68. The monoisotopic (exact) mass is 462 g/mol. The quantitative estimate of drug-likeness (QED) is 0.363. The van der Waals surface area contributed by atoms with Gasteiger partial charge < -0.3 is 0 Å². The lowest BCUT2D eigenvalue weighted by molar-refractivity contribution is -0.126. The minimum absolute atomic E-state index is 0.266. The molecule has 1 saturated heterocycles. The second-order valence-electron chi connectivity index (χ2n) is 7.18. The van der Waals surface area contributed by atoms with Crippen LogP contribution in [-0.2, 0) is 14.9 Å². The number of para-hydroxylation sites is 1.